The molecule has 26 heavy (non-hydrogen) atoms. The second-order valence-electron chi connectivity index (χ2n) is 6.00. The minimum Gasteiger partial charge on any atom is -0.359 e. The van der Waals surface area contributed by atoms with Crippen LogP contribution in [0.25, 0.3) is 22.4 Å². The number of amides is 1. The van der Waals surface area contributed by atoms with Gasteiger partial charge in [0.2, 0.25) is 0 Å². The molecule has 0 aromatic carbocycles. The Kier molecular flexibility index (Phi) is 3.92. The molecule has 0 fully saturated rings. The van der Waals surface area contributed by atoms with E-state index in [9.17, 15) is 4.79 Å². The van der Waals surface area contributed by atoms with Gasteiger partial charge in [-0.05, 0) is 18.2 Å². The van der Waals surface area contributed by atoms with Gasteiger partial charge in [0.25, 0.3) is 5.91 Å². The summed E-state index contributed by atoms with van der Waals surface area (Å²) in [4.78, 5) is 26.8. The van der Waals surface area contributed by atoms with Crippen molar-refractivity contribution in [3.63, 3.8) is 0 Å². The van der Waals surface area contributed by atoms with E-state index in [-0.39, 0.29) is 5.91 Å². The molecule has 0 aliphatic rings. The number of pyridine rings is 2. The van der Waals surface area contributed by atoms with Crippen LogP contribution in [0.3, 0.4) is 0 Å². The minimum atomic E-state index is -0.163. The SMILES string of the molecule is CN(Cc1cc(-c2cccnc2)no1)C(=O)c1cnc2c(c1)ncn2C. The lowest BCUT2D eigenvalue weighted by molar-refractivity contribution is 0.0772. The van der Waals surface area contributed by atoms with E-state index >= 15 is 0 Å². The molecule has 0 radical (unpaired) electrons. The van der Waals surface area contributed by atoms with E-state index in [0.29, 0.717) is 29.1 Å². The highest BCUT2D eigenvalue weighted by atomic mass is 16.5. The number of hydrogen-bond donors (Lipinski definition) is 0. The Bertz CT molecular complexity index is 1070. The van der Waals surface area contributed by atoms with E-state index in [1.807, 2.05) is 23.7 Å². The second-order valence-corrected chi connectivity index (χ2v) is 6.00. The van der Waals surface area contributed by atoms with Gasteiger partial charge >= 0.3 is 0 Å². The Hall–Kier alpha value is -3.55. The van der Waals surface area contributed by atoms with Crippen LogP contribution >= 0.6 is 0 Å². The minimum absolute atomic E-state index is 0.163. The van der Waals surface area contributed by atoms with Crippen LogP contribution in [0.4, 0.5) is 0 Å². The number of carbonyl (C=O) groups is 1. The first-order valence-electron chi connectivity index (χ1n) is 8.00. The Balaban J connectivity index is 1.51. The van der Waals surface area contributed by atoms with Crippen molar-refractivity contribution in [1.29, 1.82) is 0 Å². The van der Waals surface area contributed by atoms with E-state index < -0.39 is 0 Å². The predicted molar refractivity (Wildman–Crippen MR) is 94.0 cm³/mol. The molecule has 8 heteroatoms. The van der Waals surface area contributed by atoms with Crippen LogP contribution in [0.2, 0.25) is 0 Å². The number of aryl methyl sites for hydroxylation is 1. The molecule has 0 atom stereocenters. The first-order chi connectivity index (χ1) is 12.6. The van der Waals surface area contributed by atoms with Gasteiger partial charge in [0.1, 0.15) is 11.2 Å². The summed E-state index contributed by atoms with van der Waals surface area (Å²) < 4.78 is 7.15. The van der Waals surface area contributed by atoms with Crippen LogP contribution < -0.4 is 0 Å². The smallest absolute Gasteiger partial charge is 0.255 e. The molecular weight excluding hydrogens is 332 g/mol. The van der Waals surface area contributed by atoms with Crippen LogP contribution in [0.5, 0.6) is 0 Å². The lowest BCUT2D eigenvalue weighted by Gasteiger charge is -2.15. The molecule has 0 N–H and O–H groups in total. The number of hydrogen-bond acceptors (Lipinski definition) is 6. The van der Waals surface area contributed by atoms with Crippen LogP contribution in [0.1, 0.15) is 16.1 Å². The fraction of sp³-hybridized carbons (Fsp3) is 0.167. The number of rotatable bonds is 4. The zero-order valence-corrected chi connectivity index (χ0v) is 14.3. The number of imidazole rings is 1. The van der Waals surface area contributed by atoms with Crippen molar-refractivity contribution in [2.45, 2.75) is 6.54 Å². The van der Waals surface area contributed by atoms with Gasteiger partial charge in [0, 0.05) is 44.3 Å². The van der Waals surface area contributed by atoms with Crippen molar-refractivity contribution < 1.29 is 9.32 Å². The Morgan fingerprint density at radius 3 is 2.96 bits per heavy atom. The highest BCUT2D eigenvalue weighted by molar-refractivity contribution is 5.96. The van der Waals surface area contributed by atoms with Crippen LogP contribution in [0.15, 0.2) is 53.7 Å². The lowest BCUT2D eigenvalue weighted by Crippen LogP contribution is -2.26. The molecular formula is C18H16N6O2. The molecule has 8 nitrogen and oxygen atoms in total. The monoisotopic (exact) mass is 348 g/mol. The predicted octanol–water partition coefficient (Wildman–Crippen LogP) is 2.29. The fourth-order valence-corrected chi connectivity index (χ4v) is 2.70. The van der Waals surface area contributed by atoms with Crippen molar-refractivity contribution in [3.8, 4) is 11.3 Å². The average Bonchev–Trinajstić information content (AvgIpc) is 3.28. The molecule has 0 saturated carbocycles. The third-order valence-electron chi connectivity index (χ3n) is 4.05. The summed E-state index contributed by atoms with van der Waals surface area (Å²) in [6, 6.07) is 7.28. The van der Waals surface area contributed by atoms with E-state index in [1.165, 1.54) is 0 Å². The quantitative estimate of drug-likeness (QED) is 0.562. The molecule has 0 spiro atoms. The Morgan fingerprint density at radius 1 is 1.27 bits per heavy atom. The van der Waals surface area contributed by atoms with E-state index in [1.54, 1.807) is 49.0 Å². The molecule has 0 aliphatic heterocycles. The van der Waals surface area contributed by atoms with Gasteiger partial charge in [-0.2, -0.15) is 0 Å². The first-order valence-corrected chi connectivity index (χ1v) is 8.00. The Morgan fingerprint density at radius 2 is 2.15 bits per heavy atom. The van der Waals surface area contributed by atoms with Crippen molar-refractivity contribution in [3.05, 3.63) is 60.5 Å². The summed E-state index contributed by atoms with van der Waals surface area (Å²) >= 11 is 0. The van der Waals surface area contributed by atoms with Crippen LogP contribution in [-0.4, -0.2) is 42.5 Å². The maximum atomic E-state index is 12.7. The molecule has 0 unspecified atom stereocenters. The van der Waals surface area contributed by atoms with Crippen molar-refractivity contribution in [1.82, 2.24) is 29.6 Å². The molecule has 4 aromatic rings. The molecule has 4 rings (SSSR count). The zero-order chi connectivity index (χ0) is 18.1. The largest absolute Gasteiger partial charge is 0.359 e. The van der Waals surface area contributed by atoms with Gasteiger partial charge in [-0.15, -0.1) is 0 Å². The fourth-order valence-electron chi connectivity index (χ4n) is 2.70. The van der Waals surface area contributed by atoms with Crippen LogP contribution in [0, 0.1) is 0 Å². The van der Waals surface area contributed by atoms with Crippen molar-refractivity contribution in [2.24, 2.45) is 7.05 Å². The maximum absolute atomic E-state index is 12.7. The summed E-state index contributed by atoms with van der Waals surface area (Å²) in [5, 5.41) is 4.04. The second kappa shape index (κ2) is 6.40. The molecule has 4 heterocycles. The van der Waals surface area contributed by atoms with E-state index in [4.69, 9.17) is 4.52 Å². The van der Waals surface area contributed by atoms with Crippen molar-refractivity contribution >= 4 is 17.1 Å². The summed E-state index contributed by atoms with van der Waals surface area (Å²) in [5.74, 6) is 0.427. The van der Waals surface area contributed by atoms with E-state index in [0.717, 1.165) is 11.2 Å². The average molecular weight is 348 g/mol. The van der Waals surface area contributed by atoms with Crippen LogP contribution in [-0.2, 0) is 13.6 Å². The summed E-state index contributed by atoms with van der Waals surface area (Å²) in [7, 11) is 3.57. The van der Waals surface area contributed by atoms with E-state index in [2.05, 4.69) is 20.1 Å². The molecule has 130 valence electrons. The normalized spacial score (nSPS) is 11.0. The third kappa shape index (κ3) is 2.92. The number of nitrogens with zero attached hydrogens (tertiary/aromatic N) is 6. The first kappa shape index (κ1) is 15.9. The Labute approximate surface area is 149 Å². The van der Waals surface area contributed by atoms with Gasteiger partial charge in [-0.3, -0.25) is 9.78 Å². The van der Waals surface area contributed by atoms with Crippen molar-refractivity contribution in [2.75, 3.05) is 7.05 Å². The summed E-state index contributed by atoms with van der Waals surface area (Å²) in [6.07, 6.45) is 6.64. The van der Waals surface area contributed by atoms with Gasteiger partial charge in [-0.1, -0.05) is 5.16 Å². The highest BCUT2D eigenvalue weighted by Crippen LogP contribution is 2.19. The molecule has 1 amide bonds. The molecule has 0 saturated heterocycles. The lowest BCUT2D eigenvalue weighted by atomic mass is 10.2. The number of carbonyl (C=O) groups excluding carboxylic acids is 1. The zero-order valence-electron chi connectivity index (χ0n) is 14.3. The highest BCUT2D eigenvalue weighted by Gasteiger charge is 2.17. The number of aromatic nitrogens is 5. The molecule has 0 aliphatic carbocycles. The summed E-state index contributed by atoms with van der Waals surface area (Å²) in [5.41, 5.74) is 3.45. The van der Waals surface area contributed by atoms with Gasteiger partial charge in [-0.25, -0.2) is 9.97 Å². The number of fused-ring (bicyclic) bond motifs is 1. The standard InChI is InChI=1S/C18H16N6O2/c1-23(10-14-7-15(22-26-14)12-4-3-5-19-8-12)18(25)13-6-16-17(20-9-13)24(2)11-21-16/h3-9,11H,10H2,1-2H3. The molecule has 4 aromatic heterocycles. The third-order valence-corrected chi connectivity index (χ3v) is 4.05. The summed E-state index contributed by atoms with van der Waals surface area (Å²) in [6.45, 7) is 0.298. The maximum Gasteiger partial charge on any atom is 0.255 e. The molecule has 0 bridgehead atoms. The van der Waals surface area contributed by atoms with Gasteiger partial charge in [0.05, 0.1) is 18.4 Å². The van der Waals surface area contributed by atoms with Gasteiger partial charge in [0.15, 0.2) is 11.4 Å². The topological polar surface area (TPSA) is 89.9 Å². The van der Waals surface area contributed by atoms with Gasteiger partial charge < -0.3 is 14.0 Å².